The minimum atomic E-state index is -0.665. The van der Waals surface area contributed by atoms with Crippen LogP contribution in [0.3, 0.4) is 0 Å². The maximum absolute atomic E-state index is 13.6. The van der Waals surface area contributed by atoms with Crippen LogP contribution < -0.4 is 11.1 Å². The third-order valence-corrected chi connectivity index (χ3v) is 3.08. The largest absolute Gasteiger partial charge is 0.316 e. The number of halogens is 2. The van der Waals surface area contributed by atoms with Crippen LogP contribution in [0.2, 0.25) is 0 Å². The number of aryl methyl sites for hydroxylation is 1. The third-order valence-electron chi connectivity index (χ3n) is 2.59. The van der Waals surface area contributed by atoms with Crippen LogP contribution in [0, 0.1) is 5.82 Å². The lowest BCUT2D eigenvalue weighted by atomic mass is 10.2. The Labute approximate surface area is 110 Å². The molecule has 1 aromatic heterocycles. The summed E-state index contributed by atoms with van der Waals surface area (Å²) in [6.07, 6.45) is 2.94. The molecule has 0 fully saturated rings. The summed E-state index contributed by atoms with van der Waals surface area (Å²) < 4.78 is 16.6. The molecule has 0 radical (unpaired) electrons. The van der Waals surface area contributed by atoms with Gasteiger partial charge in [-0.25, -0.2) is 4.39 Å². The van der Waals surface area contributed by atoms with Gasteiger partial charge in [-0.1, -0.05) is 22.0 Å². The Kier molecular flexibility index (Phi) is 3.47. The molecule has 0 N–H and O–H groups in total. The lowest BCUT2D eigenvalue weighted by Crippen LogP contribution is -2.39. The van der Waals surface area contributed by atoms with Crippen molar-refractivity contribution < 1.29 is 4.39 Å². The van der Waals surface area contributed by atoms with Crippen molar-refractivity contribution in [1.29, 1.82) is 0 Å². The highest BCUT2D eigenvalue weighted by molar-refractivity contribution is 9.10. The van der Waals surface area contributed by atoms with E-state index in [1.54, 1.807) is 12.1 Å². The van der Waals surface area contributed by atoms with Crippen molar-refractivity contribution in [2.24, 2.45) is 7.05 Å². The molecule has 0 aliphatic rings. The van der Waals surface area contributed by atoms with Gasteiger partial charge in [0.25, 0.3) is 0 Å². The van der Waals surface area contributed by atoms with Gasteiger partial charge >= 0.3 is 11.1 Å². The summed E-state index contributed by atoms with van der Waals surface area (Å²) in [5.41, 5.74) is -0.939. The van der Waals surface area contributed by atoms with Gasteiger partial charge in [-0.2, -0.15) is 0 Å². The van der Waals surface area contributed by atoms with Crippen molar-refractivity contribution in [3.8, 4) is 0 Å². The number of aromatic nitrogens is 2. The summed E-state index contributed by atoms with van der Waals surface area (Å²) in [6, 6.07) is 4.58. The van der Waals surface area contributed by atoms with Gasteiger partial charge < -0.3 is 9.13 Å². The lowest BCUT2D eigenvalue weighted by molar-refractivity contribution is 0.591. The first-order chi connectivity index (χ1) is 8.49. The van der Waals surface area contributed by atoms with E-state index in [1.807, 2.05) is 0 Å². The van der Waals surface area contributed by atoms with E-state index in [1.165, 1.54) is 34.6 Å². The first-order valence-corrected chi connectivity index (χ1v) is 5.98. The van der Waals surface area contributed by atoms with Crippen LogP contribution in [0.5, 0.6) is 0 Å². The zero-order valence-electron chi connectivity index (χ0n) is 9.56. The molecule has 4 nitrogen and oxygen atoms in total. The average Bonchev–Trinajstić information content (AvgIpc) is 2.33. The molecule has 0 atom stereocenters. The zero-order valence-corrected chi connectivity index (χ0v) is 11.1. The fourth-order valence-electron chi connectivity index (χ4n) is 1.55. The smallest absolute Gasteiger partial charge is 0.312 e. The quantitative estimate of drug-likeness (QED) is 0.789. The monoisotopic (exact) mass is 312 g/mol. The van der Waals surface area contributed by atoms with E-state index in [0.717, 1.165) is 0 Å². The summed E-state index contributed by atoms with van der Waals surface area (Å²) >= 11 is 3.16. The highest BCUT2D eigenvalue weighted by atomic mass is 79.9. The van der Waals surface area contributed by atoms with E-state index in [0.29, 0.717) is 10.0 Å². The second-order valence-electron chi connectivity index (χ2n) is 3.88. The molecule has 0 saturated carbocycles. The molecular weight excluding hydrogens is 303 g/mol. The minimum Gasteiger partial charge on any atom is -0.312 e. The zero-order chi connectivity index (χ0) is 13.3. The van der Waals surface area contributed by atoms with Crippen LogP contribution >= 0.6 is 15.9 Å². The van der Waals surface area contributed by atoms with Gasteiger partial charge in [0.05, 0.1) is 6.54 Å². The molecule has 6 heteroatoms. The summed E-state index contributed by atoms with van der Waals surface area (Å²) in [5, 5.41) is 0. The van der Waals surface area contributed by atoms with E-state index in [-0.39, 0.29) is 6.54 Å². The van der Waals surface area contributed by atoms with E-state index < -0.39 is 16.9 Å². The SMILES string of the molecule is Cn1ccn(Cc2ccc(Br)cc2F)c(=O)c1=O. The van der Waals surface area contributed by atoms with Crippen molar-refractivity contribution in [3.63, 3.8) is 0 Å². The number of nitrogens with zero attached hydrogens (tertiary/aromatic N) is 2. The molecule has 1 aromatic carbocycles. The Hall–Kier alpha value is -1.69. The Morgan fingerprint density at radius 1 is 1.22 bits per heavy atom. The van der Waals surface area contributed by atoms with Crippen LogP contribution in [-0.2, 0) is 13.6 Å². The molecule has 0 amide bonds. The van der Waals surface area contributed by atoms with Crippen LogP contribution in [0.4, 0.5) is 4.39 Å². The second kappa shape index (κ2) is 4.89. The van der Waals surface area contributed by atoms with E-state index in [9.17, 15) is 14.0 Å². The molecular formula is C12H10BrFN2O2. The molecule has 18 heavy (non-hydrogen) atoms. The number of hydrogen-bond acceptors (Lipinski definition) is 2. The Morgan fingerprint density at radius 3 is 2.61 bits per heavy atom. The fourth-order valence-corrected chi connectivity index (χ4v) is 1.88. The summed E-state index contributed by atoms with van der Waals surface area (Å²) in [5.74, 6) is -0.419. The maximum atomic E-state index is 13.6. The Morgan fingerprint density at radius 2 is 1.94 bits per heavy atom. The third kappa shape index (κ3) is 2.43. The van der Waals surface area contributed by atoms with Crippen LogP contribution in [-0.4, -0.2) is 9.13 Å². The molecule has 0 bridgehead atoms. The predicted octanol–water partition coefficient (Wildman–Crippen LogP) is 1.50. The number of rotatable bonds is 2. The molecule has 1 heterocycles. The predicted molar refractivity (Wildman–Crippen MR) is 69.1 cm³/mol. The molecule has 94 valence electrons. The summed E-state index contributed by atoms with van der Waals surface area (Å²) in [7, 11) is 1.49. The topological polar surface area (TPSA) is 44.0 Å². The van der Waals surface area contributed by atoms with Gasteiger partial charge in [-0.3, -0.25) is 9.59 Å². The van der Waals surface area contributed by atoms with E-state index in [2.05, 4.69) is 15.9 Å². The molecule has 0 unspecified atom stereocenters. The van der Waals surface area contributed by atoms with Crippen LogP contribution in [0.15, 0.2) is 44.7 Å². The molecule has 0 aliphatic heterocycles. The molecule has 2 rings (SSSR count). The van der Waals surface area contributed by atoms with Crippen molar-refractivity contribution in [3.05, 3.63) is 67.2 Å². The summed E-state index contributed by atoms with van der Waals surface area (Å²) in [4.78, 5) is 23.1. The lowest BCUT2D eigenvalue weighted by Gasteiger charge is -2.07. The summed E-state index contributed by atoms with van der Waals surface area (Å²) in [6.45, 7) is 0.0357. The van der Waals surface area contributed by atoms with Gasteiger partial charge in [0.15, 0.2) is 0 Å². The van der Waals surface area contributed by atoms with Gasteiger partial charge in [-0.05, 0) is 12.1 Å². The second-order valence-corrected chi connectivity index (χ2v) is 4.80. The van der Waals surface area contributed by atoms with Crippen LogP contribution in [0.25, 0.3) is 0 Å². The van der Waals surface area contributed by atoms with Crippen molar-refractivity contribution in [2.45, 2.75) is 6.54 Å². The van der Waals surface area contributed by atoms with Crippen molar-refractivity contribution in [1.82, 2.24) is 9.13 Å². The molecule has 0 spiro atoms. The normalized spacial score (nSPS) is 10.6. The average molecular weight is 313 g/mol. The van der Waals surface area contributed by atoms with E-state index in [4.69, 9.17) is 0 Å². The van der Waals surface area contributed by atoms with Gasteiger partial charge in [0.2, 0.25) is 0 Å². The van der Waals surface area contributed by atoms with Gasteiger partial charge in [-0.15, -0.1) is 0 Å². The Balaban J connectivity index is 2.44. The highest BCUT2D eigenvalue weighted by Crippen LogP contribution is 2.15. The first-order valence-electron chi connectivity index (χ1n) is 5.19. The van der Waals surface area contributed by atoms with Crippen LogP contribution in [0.1, 0.15) is 5.56 Å². The maximum Gasteiger partial charge on any atom is 0.316 e. The van der Waals surface area contributed by atoms with Gasteiger partial charge in [0, 0.05) is 29.5 Å². The van der Waals surface area contributed by atoms with Gasteiger partial charge in [0.1, 0.15) is 5.82 Å². The molecule has 2 aromatic rings. The molecule has 0 saturated heterocycles. The van der Waals surface area contributed by atoms with Crippen molar-refractivity contribution in [2.75, 3.05) is 0 Å². The minimum absolute atomic E-state index is 0.0357. The Bertz CT molecular complexity index is 706. The highest BCUT2D eigenvalue weighted by Gasteiger charge is 2.07. The molecule has 0 aliphatic carbocycles. The number of benzene rings is 1. The van der Waals surface area contributed by atoms with E-state index >= 15 is 0 Å². The van der Waals surface area contributed by atoms with Crippen molar-refractivity contribution >= 4 is 15.9 Å². The first kappa shape index (κ1) is 12.8. The number of hydrogen-bond donors (Lipinski definition) is 0. The standard InChI is InChI=1S/C12H10BrFN2O2/c1-15-4-5-16(12(18)11(15)17)7-8-2-3-9(13)6-10(8)14/h2-6H,7H2,1H3. The fraction of sp³-hybridized carbons (Fsp3) is 0.167.